The summed E-state index contributed by atoms with van der Waals surface area (Å²) in [7, 11) is 3.31. The molecule has 4 atom stereocenters. The first kappa shape index (κ1) is 28.0. The minimum Gasteiger partial charge on any atom is -0.493 e. The van der Waals surface area contributed by atoms with Gasteiger partial charge in [0.05, 0.1) is 20.1 Å². The Morgan fingerprint density at radius 2 is 1.58 bits per heavy atom. The maximum absolute atomic E-state index is 13.7. The zero-order valence-electron chi connectivity index (χ0n) is 23.6. The molecule has 2 aromatic rings. The molecule has 1 fully saturated rings. The average molecular weight is 496 g/mol. The molecule has 0 N–H and O–H groups in total. The van der Waals surface area contributed by atoms with Crippen molar-refractivity contribution in [3.8, 4) is 11.5 Å². The van der Waals surface area contributed by atoms with E-state index in [0.717, 1.165) is 18.4 Å². The Hall–Kier alpha value is -2.53. The van der Waals surface area contributed by atoms with Crippen molar-refractivity contribution in [1.29, 1.82) is 0 Å². The lowest BCUT2D eigenvalue weighted by atomic mass is 9.74. The van der Waals surface area contributed by atoms with Crippen molar-refractivity contribution < 1.29 is 19.0 Å². The highest BCUT2D eigenvalue weighted by Gasteiger charge is 2.50. The number of hydrogen-bond acceptors (Lipinski definition) is 5. The molecule has 1 aliphatic rings. The minimum absolute atomic E-state index is 0.00130. The van der Waals surface area contributed by atoms with Crippen molar-refractivity contribution in [3.63, 3.8) is 0 Å². The van der Waals surface area contributed by atoms with Gasteiger partial charge in [0, 0.05) is 18.6 Å². The van der Waals surface area contributed by atoms with E-state index >= 15 is 0 Å². The van der Waals surface area contributed by atoms with Crippen LogP contribution in [0.2, 0.25) is 0 Å². The zero-order valence-corrected chi connectivity index (χ0v) is 23.6. The third-order valence-corrected chi connectivity index (χ3v) is 7.43. The average Bonchev–Trinajstić information content (AvgIpc) is 3.27. The summed E-state index contributed by atoms with van der Waals surface area (Å²) < 4.78 is 17.1. The molecule has 5 nitrogen and oxygen atoms in total. The highest BCUT2D eigenvalue weighted by molar-refractivity contribution is 5.75. The van der Waals surface area contributed by atoms with Gasteiger partial charge in [0.25, 0.3) is 0 Å². The first-order valence-corrected chi connectivity index (χ1v) is 13.1. The van der Waals surface area contributed by atoms with Crippen LogP contribution in [0.25, 0.3) is 0 Å². The van der Waals surface area contributed by atoms with Gasteiger partial charge in [-0.15, -0.1) is 0 Å². The van der Waals surface area contributed by atoms with Crippen molar-refractivity contribution in [1.82, 2.24) is 4.90 Å². The lowest BCUT2D eigenvalue weighted by Gasteiger charge is -2.41. The normalized spacial score (nSPS) is 21.3. The van der Waals surface area contributed by atoms with Crippen LogP contribution in [-0.4, -0.2) is 36.7 Å². The van der Waals surface area contributed by atoms with E-state index < -0.39 is 5.60 Å². The molecule has 198 valence electrons. The smallest absolute Gasteiger partial charge is 0.311 e. The SMILES string of the molecule is COc1ccc(CN([C@@H]2CC[C@H](C(C)(C)C)[C@@H]2C(=O)OC(C)(C)C)[C@@H](C)c2ccccc2)cc1OC. The molecule has 5 heteroatoms. The molecular weight excluding hydrogens is 450 g/mol. The number of rotatable bonds is 8. The predicted octanol–water partition coefficient (Wildman–Crippen LogP) is 7.05. The molecule has 0 amide bonds. The second-order valence-corrected chi connectivity index (χ2v) is 12.1. The van der Waals surface area contributed by atoms with Crippen LogP contribution in [0.4, 0.5) is 0 Å². The molecular formula is C31H45NO4. The standard InChI is InChI=1S/C31H45NO4/c1-21(23-13-11-10-12-14-23)32(20-22-15-18-26(34-8)27(19-22)35-9)25-17-16-24(30(2,3)4)28(25)29(33)36-31(5,6)7/h10-15,18-19,21,24-25,28H,16-17,20H2,1-9H3/t21-,24-,25+,28-/m0/s1. The molecule has 0 aromatic heterocycles. The van der Waals surface area contributed by atoms with Gasteiger partial charge in [-0.2, -0.15) is 0 Å². The molecule has 0 bridgehead atoms. The van der Waals surface area contributed by atoms with Crippen molar-refractivity contribution in [2.24, 2.45) is 17.3 Å². The molecule has 0 spiro atoms. The molecule has 0 radical (unpaired) electrons. The molecule has 0 unspecified atom stereocenters. The van der Waals surface area contributed by atoms with Crippen LogP contribution in [0.1, 0.15) is 78.5 Å². The lowest BCUT2D eigenvalue weighted by molar-refractivity contribution is -0.165. The summed E-state index contributed by atoms with van der Waals surface area (Å²) in [6, 6.07) is 16.8. The number of nitrogens with zero attached hydrogens (tertiary/aromatic N) is 1. The van der Waals surface area contributed by atoms with Crippen LogP contribution >= 0.6 is 0 Å². The highest BCUT2D eigenvalue weighted by atomic mass is 16.6. The maximum atomic E-state index is 13.7. The third-order valence-electron chi connectivity index (χ3n) is 7.43. The van der Waals surface area contributed by atoms with Gasteiger partial charge in [-0.25, -0.2) is 0 Å². The fourth-order valence-corrected chi connectivity index (χ4v) is 5.67. The van der Waals surface area contributed by atoms with Gasteiger partial charge in [0.2, 0.25) is 0 Å². The third kappa shape index (κ3) is 6.61. The molecule has 36 heavy (non-hydrogen) atoms. The van der Waals surface area contributed by atoms with Gasteiger partial charge in [-0.05, 0) is 75.1 Å². The van der Waals surface area contributed by atoms with E-state index in [9.17, 15) is 4.79 Å². The van der Waals surface area contributed by atoms with Crippen molar-refractivity contribution in [2.45, 2.75) is 85.5 Å². The predicted molar refractivity (Wildman–Crippen MR) is 145 cm³/mol. The summed E-state index contributed by atoms with van der Waals surface area (Å²) in [5, 5.41) is 0. The van der Waals surface area contributed by atoms with E-state index in [0.29, 0.717) is 18.0 Å². The largest absolute Gasteiger partial charge is 0.493 e. The Morgan fingerprint density at radius 1 is 0.944 bits per heavy atom. The summed E-state index contributed by atoms with van der Waals surface area (Å²) >= 11 is 0. The van der Waals surface area contributed by atoms with Gasteiger partial charge >= 0.3 is 5.97 Å². The number of benzene rings is 2. The van der Waals surface area contributed by atoms with Gasteiger partial charge < -0.3 is 14.2 Å². The maximum Gasteiger partial charge on any atom is 0.311 e. The first-order valence-electron chi connectivity index (χ1n) is 13.1. The Balaban J connectivity index is 2.05. The number of carbonyl (C=O) groups excluding carboxylic acids is 1. The summed E-state index contributed by atoms with van der Waals surface area (Å²) in [4.78, 5) is 16.2. The van der Waals surface area contributed by atoms with E-state index in [-0.39, 0.29) is 35.3 Å². The first-order chi connectivity index (χ1) is 16.9. The van der Waals surface area contributed by atoms with Crippen molar-refractivity contribution in [3.05, 3.63) is 59.7 Å². The van der Waals surface area contributed by atoms with Gasteiger partial charge in [0.15, 0.2) is 11.5 Å². The second-order valence-electron chi connectivity index (χ2n) is 12.1. The van der Waals surface area contributed by atoms with Gasteiger partial charge in [-0.1, -0.05) is 57.2 Å². The summed E-state index contributed by atoms with van der Waals surface area (Å²) in [6.07, 6.45) is 1.96. The summed E-state index contributed by atoms with van der Waals surface area (Å²) in [6.45, 7) is 15.5. The van der Waals surface area contributed by atoms with E-state index in [2.05, 4.69) is 62.9 Å². The molecule has 3 rings (SSSR count). The Labute approximate surface area is 218 Å². The lowest BCUT2D eigenvalue weighted by Crippen LogP contribution is -2.46. The van der Waals surface area contributed by atoms with E-state index in [1.807, 2.05) is 39.0 Å². The number of esters is 1. The van der Waals surface area contributed by atoms with Gasteiger partial charge in [-0.3, -0.25) is 9.69 Å². The summed E-state index contributed by atoms with van der Waals surface area (Å²) in [5.41, 5.74) is 1.84. The Kier molecular flexibility index (Phi) is 8.76. The summed E-state index contributed by atoms with van der Waals surface area (Å²) in [5.74, 6) is 1.39. The minimum atomic E-state index is -0.522. The number of hydrogen-bond donors (Lipinski definition) is 0. The second kappa shape index (κ2) is 11.2. The Bertz CT molecular complexity index is 1010. The van der Waals surface area contributed by atoms with Crippen LogP contribution in [0.5, 0.6) is 11.5 Å². The molecule has 0 aliphatic heterocycles. The van der Waals surface area contributed by atoms with Gasteiger partial charge in [0.1, 0.15) is 5.60 Å². The fraction of sp³-hybridized carbons (Fsp3) is 0.581. The van der Waals surface area contributed by atoms with E-state index in [1.54, 1.807) is 14.2 Å². The number of methoxy groups -OCH3 is 2. The van der Waals surface area contributed by atoms with Crippen molar-refractivity contribution >= 4 is 5.97 Å². The van der Waals surface area contributed by atoms with Crippen LogP contribution < -0.4 is 9.47 Å². The van der Waals surface area contributed by atoms with Crippen LogP contribution in [-0.2, 0) is 16.1 Å². The van der Waals surface area contributed by atoms with E-state index in [4.69, 9.17) is 14.2 Å². The van der Waals surface area contributed by atoms with Crippen molar-refractivity contribution in [2.75, 3.05) is 14.2 Å². The Morgan fingerprint density at radius 3 is 2.14 bits per heavy atom. The van der Waals surface area contributed by atoms with Crippen LogP contribution in [0.15, 0.2) is 48.5 Å². The molecule has 1 aliphatic carbocycles. The molecule has 1 saturated carbocycles. The van der Waals surface area contributed by atoms with Crippen LogP contribution in [0.3, 0.4) is 0 Å². The van der Waals surface area contributed by atoms with Crippen LogP contribution in [0, 0.1) is 17.3 Å². The zero-order chi connectivity index (χ0) is 26.7. The quantitative estimate of drug-likeness (QED) is 0.367. The fourth-order valence-electron chi connectivity index (χ4n) is 5.67. The molecule has 0 saturated heterocycles. The molecule has 2 aromatic carbocycles. The number of carbonyl (C=O) groups is 1. The highest BCUT2D eigenvalue weighted by Crippen LogP contribution is 2.48. The number of ether oxygens (including phenoxy) is 3. The monoisotopic (exact) mass is 495 g/mol. The molecule has 0 heterocycles. The topological polar surface area (TPSA) is 48.0 Å². The van der Waals surface area contributed by atoms with E-state index in [1.165, 1.54) is 5.56 Å².